The number of rotatable bonds is 6. The zero-order valence-corrected chi connectivity index (χ0v) is 13.5. The van der Waals surface area contributed by atoms with Crippen molar-refractivity contribution in [3.8, 4) is 0 Å². The molecule has 0 bridgehead atoms. The van der Waals surface area contributed by atoms with E-state index in [4.69, 9.17) is 0 Å². The van der Waals surface area contributed by atoms with Crippen LogP contribution in [0.25, 0.3) is 0 Å². The van der Waals surface area contributed by atoms with Crippen LogP contribution < -0.4 is 5.32 Å². The molecule has 2 rings (SSSR count). The second-order valence-corrected chi connectivity index (χ2v) is 8.39. The molecule has 2 amide bonds. The van der Waals surface area contributed by atoms with Crippen LogP contribution in [-0.2, 0) is 19.4 Å². The van der Waals surface area contributed by atoms with Gasteiger partial charge in [-0.3, -0.25) is 9.59 Å². The number of carbonyl (C=O) groups excluding carboxylic acids is 2. The van der Waals surface area contributed by atoms with Gasteiger partial charge in [-0.1, -0.05) is 13.3 Å². The summed E-state index contributed by atoms with van der Waals surface area (Å²) in [5.74, 6) is -0.277. The SMILES string of the molecule is CCCCNC(=O)C1(C(=O)N(C)C2CCS(=O)(=O)C2)CC1. The Morgan fingerprint density at radius 3 is 2.48 bits per heavy atom. The van der Waals surface area contributed by atoms with E-state index in [1.54, 1.807) is 7.05 Å². The minimum Gasteiger partial charge on any atom is -0.355 e. The van der Waals surface area contributed by atoms with E-state index in [1.165, 1.54) is 4.90 Å². The second kappa shape index (κ2) is 5.94. The molecule has 7 heteroatoms. The molecule has 1 unspecified atom stereocenters. The van der Waals surface area contributed by atoms with Gasteiger partial charge in [0.05, 0.1) is 11.5 Å². The van der Waals surface area contributed by atoms with Crippen LogP contribution in [-0.4, -0.2) is 56.3 Å². The van der Waals surface area contributed by atoms with Gasteiger partial charge in [-0.15, -0.1) is 0 Å². The number of unbranched alkanes of at least 4 members (excludes halogenated alkanes) is 1. The lowest BCUT2D eigenvalue weighted by Gasteiger charge is -2.27. The lowest BCUT2D eigenvalue weighted by Crippen LogP contribution is -2.48. The van der Waals surface area contributed by atoms with Crippen LogP contribution in [0, 0.1) is 5.41 Å². The molecule has 2 fully saturated rings. The maximum absolute atomic E-state index is 12.6. The zero-order valence-electron chi connectivity index (χ0n) is 12.7. The van der Waals surface area contributed by atoms with Crippen LogP contribution in [0.3, 0.4) is 0 Å². The van der Waals surface area contributed by atoms with E-state index in [-0.39, 0.29) is 29.4 Å². The number of nitrogens with zero attached hydrogens (tertiary/aromatic N) is 1. The molecule has 1 aliphatic carbocycles. The van der Waals surface area contributed by atoms with Crippen molar-refractivity contribution in [2.24, 2.45) is 5.41 Å². The molecular formula is C14H24N2O4S. The predicted octanol–water partition coefficient (Wildman–Crippen LogP) is 0.328. The summed E-state index contributed by atoms with van der Waals surface area (Å²) < 4.78 is 23.0. The molecule has 0 spiro atoms. The summed E-state index contributed by atoms with van der Waals surface area (Å²) in [5, 5.41) is 2.82. The van der Waals surface area contributed by atoms with Crippen molar-refractivity contribution in [2.75, 3.05) is 25.1 Å². The highest BCUT2D eigenvalue weighted by atomic mass is 32.2. The summed E-state index contributed by atoms with van der Waals surface area (Å²) in [4.78, 5) is 26.3. The van der Waals surface area contributed by atoms with Crippen molar-refractivity contribution in [1.82, 2.24) is 10.2 Å². The van der Waals surface area contributed by atoms with Crippen molar-refractivity contribution in [3.63, 3.8) is 0 Å². The summed E-state index contributed by atoms with van der Waals surface area (Å²) in [5.41, 5.74) is -0.936. The Labute approximate surface area is 126 Å². The average molecular weight is 316 g/mol. The lowest BCUT2D eigenvalue weighted by atomic mass is 10.0. The molecule has 1 heterocycles. The van der Waals surface area contributed by atoms with Gasteiger partial charge >= 0.3 is 0 Å². The van der Waals surface area contributed by atoms with Gasteiger partial charge in [-0.05, 0) is 25.7 Å². The molecular weight excluding hydrogens is 292 g/mol. The Morgan fingerprint density at radius 1 is 1.33 bits per heavy atom. The van der Waals surface area contributed by atoms with Crippen molar-refractivity contribution in [3.05, 3.63) is 0 Å². The van der Waals surface area contributed by atoms with Crippen LogP contribution in [0.1, 0.15) is 39.0 Å². The van der Waals surface area contributed by atoms with Gasteiger partial charge in [0.15, 0.2) is 9.84 Å². The molecule has 0 aromatic carbocycles. The normalized spacial score (nSPS) is 25.3. The molecule has 1 N–H and O–H groups in total. The standard InChI is InChI=1S/C14H24N2O4S/c1-3-4-8-15-12(17)14(6-7-14)13(18)16(2)11-5-9-21(19,20)10-11/h11H,3-10H2,1-2H3,(H,15,17). The first-order chi connectivity index (χ1) is 9.82. The van der Waals surface area contributed by atoms with Gasteiger partial charge in [0, 0.05) is 19.6 Å². The number of hydrogen-bond donors (Lipinski definition) is 1. The number of sulfone groups is 1. The maximum Gasteiger partial charge on any atom is 0.238 e. The van der Waals surface area contributed by atoms with Crippen LogP contribution in [0.2, 0.25) is 0 Å². The fourth-order valence-electron chi connectivity index (χ4n) is 2.80. The Kier molecular flexibility index (Phi) is 4.60. The predicted molar refractivity (Wildman–Crippen MR) is 79.4 cm³/mol. The van der Waals surface area contributed by atoms with Gasteiger partial charge in [-0.2, -0.15) is 0 Å². The van der Waals surface area contributed by atoms with Crippen molar-refractivity contribution >= 4 is 21.7 Å². The van der Waals surface area contributed by atoms with E-state index in [0.717, 1.165) is 12.8 Å². The topological polar surface area (TPSA) is 83.6 Å². The summed E-state index contributed by atoms with van der Waals surface area (Å²) in [7, 11) is -1.41. The van der Waals surface area contributed by atoms with E-state index in [0.29, 0.717) is 25.8 Å². The largest absolute Gasteiger partial charge is 0.355 e. The van der Waals surface area contributed by atoms with Crippen molar-refractivity contribution in [2.45, 2.75) is 45.1 Å². The summed E-state index contributed by atoms with van der Waals surface area (Å²) >= 11 is 0. The molecule has 0 aromatic heterocycles. The third-order valence-corrected chi connectivity index (χ3v) is 6.24. The third-order valence-electron chi connectivity index (χ3n) is 4.49. The van der Waals surface area contributed by atoms with Gasteiger partial charge in [0.2, 0.25) is 11.8 Å². The van der Waals surface area contributed by atoms with Gasteiger partial charge < -0.3 is 10.2 Å². The minimum absolute atomic E-state index is 0.0166. The first-order valence-corrected chi connectivity index (χ1v) is 9.40. The van der Waals surface area contributed by atoms with Crippen LogP contribution in [0.4, 0.5) is 0 Å². The quantitative estimate of drug-likeness (QED) is 0.565. The van der Waals surface area contributed by atoms with E-state index in [9.17, 15) is 18.0 Å². The average Bonchev–Trinajstić information content (AvgIpc) is 3.16. The molecule has 2 aliphatic rings. The first kappa shape index (κ1) is 16.3. The molecule has 21 heavy (non-hydrogen) atoms. The van der Waals surface area contributed by atoms with E-state index in [1.807, 2.05) is 6.92 Å². The molecule has 1 saturated heterocycles. The zero-order chi connectivity index (χ0) is 15.7. The number of amides is 2. The first-order valence-electron chi connectivity index (χ1n) is 7.58. The Morgan fingerprint density at radius 2 is 2.00 bits per heavy atom. The number of nitrogens with one attached hydrogen (secondary N) is 1. The summed E-state index contributed by atoms with van der Waals surface area (Å²) in [6, 6.07) is -0.289. The third kappa shape index (κ3) is 3.39. The minimum atomic E-state index is -3.03. The smallest absolute Gasteiger partial charge is 0.238 e. The Balaban J connectivity index is 1.97. The highest BCUT2D eigenvalue weighted by Crippen LogP contribution is 2.47. The fourth-order valence-corrected chi connectivity index (χ4v) is 4.57. The van der Waals surface area contributed by atoms with Gasteiger partial charge in [0.1, 0.15) is 5.41 Å². The number of hydrogen-bond acceptors (Lipinski definition) is 4. The molecule has 1 atom stereocenters. The van der Waals surface area contributed by atoms with E-state index in [2.05, 4.69) is 5.32 Å². The lowest BCUT2D eigenvalue weighted by molar-refractivity contribution is -0.144. The Bertz CT molecular complexity index is 525. The second-order valence-electron chi connectivity index (χ2n) is 6.16. The van der Waals surface area contributed by atoms with Crippen LogP contribution >= 0.6 is 0 Å². The van der Waals surface area contributed by atoms with Crippen LogP contribution in [0.15, 0.2) is 0 Å². The fraction of sp³-hybridized carbons (Fsp3) is 0.857. The Hall–Kier alpha value is -1.11. The van der Waals surface area contributed by atoms with Gasteiger partial charge in [0.25, 0.3) is 0 Å². The molecule has 120 valence electrons. The molecule has 6 nitrogen and oxygen atoms in total. The van der Waals surface area contributed by atoms with E-state index >= 15 is 0 Å². The highest BCUT2D eigenvalue weighted by molar-refractivity contribution is 7.91. The summed E-state index contributed by atoms with van der Waals surface area (Å²) in [6.07, 6.45) is 3.48. The monoisotopic (exact) mass is 316 g/mol. The van der Waals surface area contributed by atoms with Crippen molar-refractivity contribution < 1.29 is 18.0 Å². The molecule has 0 radical (unpaired) electrons. The van der Waals surface area contributed by atoms with E-state index < -0.39 is 15.3 Å². The van der Waals surface area contributed by atoms with Gasteiger partial charge in [-0.25, -0.2) is 8.42 Å². The maximum atomic E-state index is 12.6. The highest BCUT2D eigenvalue weighted by Gasteiger charge is 2.58. The number of carbonyl (C=O) groups is 2. The molecule has 0 aromatic rings. The molecule has 1 aliphatic heterocycles. The molecule has 1 saturated carbocycles. The van der Waals surface area contributed by atoms with Crippen molar-refractivity contribution in [1.29, 1.82) is 0 Å². The van der Waals surface area contributed by atoms with Crippen LogP contribution in [0.5, 0.6) is 0 Å². The summed E-state index contributed by atoms with van der Waals surface area (Å²) in [6.45, 7) is 2.63.